The van der Waals surface area contributed by atoms with Crippen LogP contribution in [0.4, 0.5) is 0 Å². The Hall–Kier alpha value is -0.410. The first kappa shape index (κ1) is 9.68. The number of nitrogens with one attached hydrogen (secondary N) is 1. The molecule has 0 saturated heterocycles. The predicted molar refractivity (Wildman–Crippen MR) is 53.3 cm³/mol. The minimum atomic E-state index is 0.576. The van der Waals surface area contributed by atoms with Gasteiger partial charge in [-0.1, -0.05) is 13.8 Å². The first-order chi connectivity index (χ1) is 5.70. The van der Waals surface area contributed by atoms with Crippen molar-refractivity contribution in [3.8, 4) is 0 Å². The van der Waals surface area contributed by atoms with Crippen LogP contribution in [-0.2, 0) is 6.54 Å². The van der Waals surface area contributed by atoms with Crippen molar-refractivity contribution in [2.24, 2.45) is 5.92 Å². The molecule has 1 aromatic heterocycles. The first-order valence-electron chi connectivity index (χ1n) is 4.31. The van der Waals surface area contributed by atoms with Crippen molar-refractivity contribution in [2.75, 3.05) is 0 Å². The summed E-state index contributed by atoms with van der Waals surface area (Å²) in [5, 5.41) is 3.45. The van der Waals surface area contributed by atoms with E-state index in [0.29, 0.717) is 12.0 Å². The van der Waals surface area contributed by atoms with Crippen LogP contribution in [0.2, 0.25) is 0 Å². The third-order valence-electron chi connectivity index (χ3n) is 2.08. The number of hydrogen-bond acceptors (Lipinski definition) is 3. The molecule has 0 spiro atoms. The van der Waals surface area contributed by atoms with Gasteiger partial charge in [0.1, 0.15) is 0 Å². The molecule has 2 nitrogen and oxygen atoms in total. The molecule has 1 aromatic rings. The van der Waals surface area contributed by atoms with E-state index in [-0.39, 0.29) is 0 Å². The van der Waals surface area contributed by atoms with Gasteiger partial charge in [-0.15, -0.1) is 11.3 Å². The minimum absolute atomic E-state index is 0.576. The summed E-state index contributed by atoms with van der Waals surface area (Å²) in [6.07, 6.45) is 1.92. The Labute approximate surface area is 78.0 Å². The van der Waals surface area contributed by atoms with Gasteiger partial charge in [-0.2, -0.15) is 0 Å². The van der Waals surface area contributed by atoms with E-state index >= 15 is 0 Å². The van der Waals surface area contributed by atoms with E-state index in [1.807, 2.05) is 11.7 Å². The molecule has 0 aromatic carbocycles. The van der Waals surface area contributed by atoms with Gasteiger partial charge in [-0.25, -0.2) is 0 Å². The van der Waals surface area contributed by atoms with Crippen LogP contribution >= 0.6 is 11.3 Å². The molecule has 0 saturated carbocycles. The molecule has 68 valence electrons. The van der Waals surface area contributed by atoms with Crippen molar-refractivity contribution in [2.45, 2.75) is 33.4 Å². The highest BCUT2D eigenvalue weighted by Gasteiger charge is 2.05. The van der Waals surface area contributed by atoms with Gasteiger partial charge in [0.05, 0.1) is 5.51 Å². The molecule has 0 radical (unpaired) electrons. The number of rotatable bonds is 4. The number of hydrogen-bond donors (Lipinski definition) is 1. The predicted octanol–water partition coefficient (Wildman–Crippen LogP) is 2.28. The van der Waals surface area contributed by atoms with Crippen molar-refractivity contribution in [3.63, 3.8) is 0 Å². The van der Waals surface area contributed by atoms with Gasteiger partial charge in [0.25, 0.3) is 0 Å². The Kier molecular flexibility index (Phi) is 3.69. The van der Waals surface area contributed by atoms with Crippen LogP contribution in [0, 0.1) is 5.92 Å². The highest BCUT2D eigenvalue weighted by atomic mass is 32.1. The highest BCUT2D eigenvalue weighted by Crippen LogP contribution is 2.06. The molecule has 1 heterocycles. The zero-order chi connectivity index (χ0) is 8.97. The molecule has 0 bridgehead atoms. The fourth-order valence-corrected chi connectivity index (χ4v) is 1.37. The normalized spacial score (nSPS) is 13.7. The Balaban J connectivity index is 2.27. The Morgan fingerprint density at radius 3 is 2.75 bits per heavy atom. The van der Waals surface area contributed by atoms with Crippen LogP contribution in [-0.4, -0.2) is 11.0 Å². The third kappa shape index (κ3) is 2.91. The molecule has 0 aliphatic carbocycles. The maximum absolute atomic E-state index is 4.02. The number of thiazole rings is 1. The first-order valence-corrected chi connectivity index (χ1v) is 5.19. The molecule has 1 atom stereocenters. The van der Waals surface area contributed by atoms with Crippen LogP contribution in [0.15, 0.2) is 11.7 Å². The van der Waals surface area contributed by atoms with E-state index < -0.39 is 0 Å². The number of aromatic nitrogens is 1. The summed E-state index contributed by atoms with van der Waals surface area (Å²) in [4.78, 5) is 5.33. The van der Waals surface area contributed by atoms with Crippen LogP contribution in [0.1, 0.15) is 25.6 Å². The molecule has 0 aliphatic heterocycles. The third-order valence-corrected chi connectivity index (χ3v) is 2.86. The maximum Gasteiger partial charge on any atom is 0.0794 e. The molecule has 1 N–H and O–H groups in total. The quantitative estimate of drug-likeness (QED) is 0.776. The largest absolute Gasteiger partial charge is 0.309 e. The summed E-state index contributed by atoms with van der Waals surface area (Å²) in [7, 11) is 0. The maximum atomic E-state index is 4.02. The van der Waals surface area contributed by atoms with Gasteiger partial charge in [0.2, 0.25) is 0 Å². The van der Waals surface area contributed by atoms with Gasteiger partial charge in [0.15, 0.2) is 0 Å². The second-order valence-corrected chi connectivity index (χ2v) is 4.35. The molecule has 12 heavy (non-hydrogen) atoms. The van der Waals surface area contributed by atoms with Crippen molar-refractivity contribution >= 4 is 11.3 Å². The molecule has 3 heteroatoms. The monoisotopic (exact) mass is 184 g/mol. The molecule has 0 fully saturated rings. The molecule has 0 amide bonds. The van der Waals surface area contributed by atoms with Crippen molar-refractivity contribution in [1.82, 2.24) is 10.3 Å². The van der Waals surface area contributed by atoms with E-state index in [2.05, 4.69) is 31.1 Å². The lowest BCUT2D eigenvalue weighted by Gasteiger charge is -2.16. The molecule has 1 rings (SSSR count). The van der Waals surface area contributed by atoms with Crippen LogP contribution in [0.3, 0.4) is 0 Å². The summed E-state index contributed by atoms with van der Waals surface area (Å²) in [6, 6.07) is 0.576. The van der Waals surface area contributed by atoms with Gasteiger partial charge >= 0.3 is 0 Å². The van der Waals surface area contributed by atoms with Gasteiger partial charge in [-0.05, 0) is 12.8 Å². The van der Waals surface area contributed by atoms with E-state index in [1.165, 1.54) is 4.88 Å². The molecular weight excluding hydrogens is 168 g/mol. The number of nitrogens with zero attached hydrogens (tertiary/aromatic N) is 1. The lowest BCUT2D eigenvalue weighted by Crippen LogP contribution is -2.29. The SMILES string of the molecule is CC(C)C(C)NCc1cncs1. The zero-order valence-corrected chi connectivity index (χ0v) is 8.69. The van der Waals surface area contributed by atoms with E-state index in [1.54, 1.807) is 11.3 Å². The van der Waals surface area contributed by atoms with Gasteiger partial charge < -0.3 is 5.32 Å². The summed E-state index contributed by atoms with van der Waals surface area (Å²) in [5.41, 5.74) is 1.87. The van der Waals surface area contributed by atoms with Crippen LogP contribution in [0.5, 0.6) is 0 Å². The van der Waals surface area contributed by atoms with Crippen molar-refractivity contribution < 1.29 is 0 Å². The lowest BCUT2D eigenvalue weighted by molar-refractivity contribution is 0.427. The van der Waals surface area contributed by atoms with E-state index in [9.17, 15) is 0 Å². The zero-order valence-electron chi connectivity index (χ0n) is 7.87. The topological polar surface area (TPSA) is 24.9 Å². The Morgan fingerprint density at radius 1 is 1.50 bits per heavy atom. The average molecular weight is 184 g/mol. The summed E-state index contributed by atoms with van der Waals surface area (Å²) in [5.74, 6) is 0.693. The standard InChI is InChI=1S/C9H16N2S/c1-7(2)8(3)11-5-9-4-10-6-12-9/h4,6-8,11H,5H2,1-3H3. The van der Waals surface area contributed by atoms with Crippen molar-refractivity contribution in [3.05, 3.63) is 16.6 Å². The lowest BCUT2D eigenvalue weighted by atomic mass is 10.1. The van der Waals surface area contributed by atoms with E-state index in [0.717, 1.165) is 6.54 Å². The molecular formula is C9H16N2S. The Bertz CT molecular complexity index is 206. The molecule has 1 unspecified atom stereocenters. The fraction of sp³-hybridized carbons (Fsp3) is 0.667. The van der Waals surface area contributed by atoms with Crippen molar-refractivity contribution in [1.29, 1.82) is 0 Å². The van der Waals surface area contributed by atoms with Crippen LogP contribution < -0.4 is 5.32 Å². The van der Waals surface area contributed by atoms with Crippen LogP contribution in [0.25, 0.3) is 0 Å². The minimum Gasteiger partial charge on any atom is -0.309 e. The van der Waals surface area contributed by atoms with Gasteiger partial charge in [0, 0.05) is 23.7 Å². The Morgan fingerprint density at radius 2 is 2.25 bits per heavy atom. The summed E-state index contributed by atoms with van der Waals surface area (Å²) in [6.45, 7) is 7.62. The molecule has 0 aliphatic rings. The fourth-order valence-electron chi connectivity index (χ4n) is 0.827. The second kappa shape index (κ2) is 4.58. The average Bonchev–Trinajstić information content (AvgIpc) is 2.51. The summed E-state index contributed by atoms with van der Waals surface area (Å²) >= 11 is 1.70. The van der Waals surface area contributed by atoms with E-state index in [4.69, 9.17) is 0 Å². The second-order valence-electron chi connectivity index (χ2n) is 3.38. The highest BCUT2D eigenvalue weighted by molar-refractivity contribution is 7.09. The smallest absolute Gasteiger partial charge is 0.0794 e. The van der Waals surface area contributed by atoms with Gasteiger partial charge in [-0.3, -0.25) is 4.98 Å². The summed E-state index contributed by atoms with van der Waals surface area (Å²) < 4.78 is 0.